The van der Waals surface area contributed by atoms with Crippen molar-refractivity contribution in [3.05, 3.63) is 98.1 Å². The molecule has 1 aliphatic heterocycles. The maximum absolute atomic E-state index is 20.2. The van der Waals surface area contributed by atoms with Gasteiger partial charge in [-0.05, 0) is 103 Å². The van der Waals surface area contributed by atoms with Crippen molar-refractivity contribution < 1.29 is 4.20 Å². The van der Waals surface area contributed by atoms with E-state index in [4.69, 9.17) is 0 Å². The van der Waals surface area contributed by atoms with Crippen LogP contribution in [0.25, 0.3) is 0 Å². The Bertz CT molecular complexity index is 1950. The molecule has 2 unspecified atom stereocenters. The van der Waals surface area contributed by atoms with Crippen LogP contribution in [0.1, 0.15) is 201 Å². The van der Waals surface area contributed by atoms with Crippen molar-refractivity contribution in [2.45, 2.75) is 197 Å². The summed E-state index contributed by atoms with van der Waals surface area (Å²) in [6.07, 6.45) is 0. The van der Waals surface area contributed by atoms with Gasteiger partial charge in [-0.25, -0.2) is 4.20 Å². The van der Waals surface area contributed by atoms with Gasteiger partial charge in [-0.3, -0.25) is 0 Å². The van der Waals surface area contributed by atoms with Crippen molar-refractivity contribution in [1.29, 1.82) is 0 Å². The molecule has 3 aromatic carbocycles. The molecule has 3 aromatic rings. The molecular weight excluding hydrogens is 681 g/mol. The average Bonchev–Trinajstić information content (AvgIpc) is 2.93. The van der Waals surface area contributed by atoms with Crippen LogP contribution in [-0.2, 0) is 32.5 Å². The van der Waals surface area contributed by atoms with E-state index in [1.165, 1.54) is 60.9 Å². The smallest absolute Gasteiger partial charge is 0.195 e. The molecule has 0 aliphatic carbocycles. The van der Waals surface area contributed by atoms with E-state index >= 15 is 4.20 Å². The number of hydrogen-bond acceptors (Lipinski definition) is 0. The second-order valence-corrected chi connectivity index (χ2v) is 29.6. The first-order chi connectivity index (χ1) is 23.4. The zero-order valence-electron chi connectivity index (χ0n) is 38.3. The maximum atomic E-state index is 20.2. The summed E-state index contributed by atoms with van der Waals surface area (Å²) in [6.45, 7) is 52.9. The van der Waals surface area contributed by atoms with Gasteiger partial charge in [-0.2, -0.15) is 0 Å². The molecule has 2 atom stereocenters. The van der Waals surface area contributed by atoms with Gasteiger partial charge in [0, 0.05) is 16.3 Å². The first-order valence-corrected chi connectivity index (χ1v) is 23.1. The summed E-state index contributed by atoms with van der Waals surface area (Å²) < 4.78 is 20.2. The van der Waals surface area contributed by atoms with Crippen LogP contribution >= 0.6 is 14.7 Å². The molecule has 0 aromatic heterocycles. The second-order valence-electron chi connectivity index (χ2n) is 23.4. The van der Waals surface area contributed by atoms with Crippen molar-refractivity contribution in [2.75, 3.05) is 0 Å². The van der Waals surface area contributed by atoms with E-state index in [1.54, 1.807) is 0 Å². The molecule has 0 radical (unpaired) electrons. The summed E-state index contributed by atoms with van der Waals surface area (Å²) in [6, 6.07) is 16.8. The van der Waals surface area contributed by atoms with E-state index in [1.807, 2.05) is 0 Å². The lowest BCUT2D eigenvalue weighted by molar-refractivity contribution is 0.546. The fraction of sp³-hybridized carbons (Fsp3) is 0.600. The Morgan fingerprint density at radius 2 is 0.774 bits per heavy atom. The predicted octanol–water partition coefficient (Wildman–Crippen LogP) is 15.3. The molecular formula is C50H76FP2+. The summed E-state index contributed by atoms with van der Waals surface area (Å²) in [5.41, 5.74) is 12.0. The van der Waals surface area contributed by atoms with Gasteiger partial charge >= 0.3 is 0 Å². The molecule has 53 heavy (non-hydrogen) atoms. The lowest BCUT2D eigenvalue weighted by Gasteiger charge is -2.43. The Morgan fingerprint density at radius 3 is 1.06 bits per heavy atom. The van der Waals surface area contributed by atoms with Crippen molar-refractivity contribution in [3.63, 3.8) is 0 Å². The van der Waals surface area contributed by atoms with Crippen LogP contribution in [0, 0.1) is 13.8 Å². The highest BCUT2D eigenvalue weighted by Gasteiger charge is 2.62. The number of benzene rings is 3. The number of hydrogen-bond donors (Lipinski definition) is 0. The predicted molar refractivity (Wildman–Crippen MR) is 244 cm³/mol. The SMILES string of the molecule is Cc1ccc([P+]2=C(c3c(C(C)(C)C)cc(C(C)(C)C)cc3C(C)(C)C)P(F)(C(C)(C)C)=C2c2c(C(C)(C)C)cc(C(C)(C)C)cc2C(C)(C)C)cc1C. The van der Waals surface area contributed by atoms with E-state index in [2.05, 4.69) is 202 Å². The van der Waals surface area contributed by atoms with Gasteiger partial charge in [-0.15, -0.1) is 0 Å². The molecule has 1 heterocycles. The first-order valence-electron chi connectivity index (χ1n) is 20.1. The van der Waals surface area contributed by atoms with E-state index < -0.39 is 19.9 Å². The van der Waals surface area contributed by atoms with Gasteiger partial charge in [0.05, 0.1) is 0 Å². The summed E-state index contributed by atoms with van der Waals surface area (Å²) >= 11 is 0. The summed E-state index contributed by atoms with van der Waals surface area (Å²) in [7, 11) is -4.65. The van der Waals surface area contributed by atoms with E-state index in [0.717, 1.165) is 10.1 Å². The van der Waals surface area contributed by atoms with Gasteiger partial charge in [0.1, 0.15) is 0 Å². The molecule has 292 valence electrons. The van der Waals surface area contributed by atoms with Crippen LogP contribution in [-0.4, -0.2) is 15.2 Å². The Hall–Kier alpha value is -1.94. The molecule has 0 bridgehead atoms. The lowest BCUT2D eigenvalue weighted by Crippen LogP contribution is -2.38. The largest absolute Gasteiger partial charge is 0.216 e. The van der Waals surface area contributed by atoms with Crippen LogP contribution in [0.2, 0.25) is 0 Å². The summed E-state index contributed by atoms with van der Waals surface area (Å²) in [5.74, 6) is 0. The molecule has 0 spiro atoms. The van der Waals surface area contributed by atoms with Crippen LogP contribution in [0.5, 0.6) is 0 Å². The molecule has 0 N–H and O–H groups in total. The molecule has 3 heteroatoms. The van der Waals surface area contributed by atoms with Gasteiger partial charge in [0.2, 0.25) is 0 Å². The minimum Gasteiger partial charge on any atom is -0.216 e. The number of aryl methyl sites for hydroxylation is 2. The fourth-order valence-electron chi connectivity index (χ4n) is 7.71. The molecule has 0 nitrogen and oxygen atoms in total. The highest BCUT2D eigenvalue weighted by molar-refractivity contribution is 8.21. The fourth-order valence-corrected chi connectivity index (χ4v) is 17.6. The van der Waals surface area contributed by atoms with Crippen molar-refractivity contribution in [3.8, 4) is 0 Å². The third-order valence-corrected chi connectivity index (χ3v) is 19.8. The molecule has 0 saturated carbocycles. The minimum absolute atomic E-state index is 0.0388. The molecule has 4 rings (SSSR count). The third-order valence-electron chi connectivity index (χ3n) is 11.4. The lowest BCUT2D eigenvalue weighted by atomic mass is 9.72. The quantitative estimate of drug-likeness (QED) is 0.233. The third kappa shape index (κ3) is 8.02. The number of rotatable bonds is 3. The topological polar surface area (TPSA) is 0 Å². The van der Waals surface area contributed by atoms with Crippen molar-refractivity contribution in [1.82, 2.24) is 0 Å². The summed E-state index contributed by atoms with van der Waals surface area (Å²) in [4.78, 5) is 0. The van der Waals surface area contributed by atoms with Crippen LogP contribution in [0.3, 0.4) is 0 Å². The second kappa shape index (κ2) is 13.3. The standard InChI is InChI=1S/C50H76FP2/c1-31-24-25-35(26-32(31)2)52-42(40-36(46(9,10)11)27-33(44(3,4)5)28-37(40)47(12,13)14)53(51,50(21,22)23)43(52)41-38(48(15,16)17)29-34(45(6,7)8)30-39(41)49(18,19)20/h24-30H,1-23H3/q+1. The van der Waals surface area contributed by atoms with Gasteiger partial charge in [-0.1, -0.05) is 176 Å². The van der Waals surface area contributed by atoms with Gasteiger partial charge in [0.15, 0.2) is 30.1 Å². The van der Waals surface area contributed by atoms with E-state index in [9.17, 15) is 0 Å². The highest BCUT2D eigenvalue weighted by atomic mass is 31.2. The monoisotopic (exact) mass is 758 g/mol. The first kappa shape index (κ1) is 43.8. The normalized spacial score (nSPS) is 18.8. The highest BCUT2D eigenvalue weighted by Crippen LogP contribution is 2.78. The van der Waals surface area contributed by atoms with Crippen molar-refractivity contribution in [2.24, 2.45) is 0 Å². The average molecular weight is 758 g/mol. The maximum Gasteiger partial charge on any atom is 0.195 e. The van der Waals surface area contributed by atoms with Crippen molar-refractivity contribution >= 4 is 30.1 Å². The van der Waals surface area contributed by atoms with Gasteiger partial charge < -0.3 is 0 Å². The molecule has 1 aliphatic rings. The number of halogens is 1. The van der Waals surface area contributed by atoms with Crippen LogP contribution < -0.4 is 5.30 Å². The molecule has 0 saturated heterocycles. The zero-order chi connectivity index (χ0) is 41.0. The van der Waals surface area contributed by atoms with Crippen LogP contribution in [0.15, 0.2) is 42.5 Å². The Morgan fingerprint density at radius 1 is 0.434 bits per heavy atom. The van der Waals surface area contributed by atoms with E-state index in [-0.39, 0.29) is 32.5 Å². The van der Waals surface area contributed by atoms with E-state index in [0.29, 0.717) is 0 Å². The molecule has 0 fully saturated rings. The molecule has 0 amide bonds. The Kier molecular flexibility index (Phi) is 11.0. The summed E-state index contributed by atoms with van der Waals surface area (Å²) in [5, 5.41) is 2.92. The minimum atomic E-state index is -3.47. The Balaban J connectivity index is 2.49. The Labute approximate surface area is 328 Å². The van der Waals surface area contributed by atoms with Gasteiger partial charge in [0.25, 0.3) is 0 Å². The van der Waals surface area contributed by atoms with Crippen LogP contribution in [0.4, 0.5) is 4.20 Å². The zero-order valence-corrected chi connectivity index (χ0v) is 40.1.